The zero-order chi connectivity index (χ0) is 14.4. The van der Waals surface area contributed by atoms with Crippen molar-refractivity contribution in [1.29, 1.82) is 0 Å². The highest BCUT2D eigenvalue weighted by Gasteiger charge is 2.15. The van der Waals surface area contributed by atoms with Crippen LogP contribution < -0.4 is 9.47 Å². The van der Waals surface area contributed by atoms with Gasteiger partial charge in [0.05, 0.1) is 24.2 Å². The molecule has 0 aliphatic carbocycles. The summed E-state index contributed by atoms with van der Waals surface area (Å²) in [4.78, 5) is 20.5. The minimum atomic E-state index is -0.897. The molecular weight excluding hydrogens is 254 g/mol. The Labute approximate surface area is 109 Å². The average Bonchev–Trinajstić information content (AvgIpc) is 2.36. The number of nitro benzene ring substituents is 1. The second-order valence-electron chi connectivity index (χ2n) is 3.95. The van der Waals surface area contributed by atoms with Gasteiger partial charge in [0.1, 0.15) is 0 Å². The molecule has 1 rings (SSSR count). The summed E-state index contributed by atoms with van der Waals surface area (Å²) in [6.07, 6.45) is 0.0119. The summed E-state index contributed by atoms with van der Waals surface area (Å²) in [5.41, 5.74) is -0.0950. The number of nitrogens with zero attached hydrogens (tertiary/aromatic N) is 1. The number of rotatable bonds is 7. The minimum Gasteiger partial charge on any atom is -0.493 e. The summed E-state index contributed by atoms with van der Waals surface area (Å²) in [5, 5.41) is 19.2. The van der Waals surface area contributed by atoms with Gasteiger partial charge < -0.3 is 14.6 Å². The van der Waals surface area contributed by atoms with Crippen molar-refractivity contribution in [2.75, 3.05) is 7.11 Å². The number of carbonyl (C=O) groups is 1. The Kier molecular flexibility index (Phi) is 5.11. The Balaban J connectivity index is 2.77. The molecule has 7 heteroatoms. The van der Waals surface area contributed by atoms with Crippen LogP contribution in [0.5, 0.6) is 11.5 Å². The fourth-order valence-corrected chi connectivity index (χ4v) is 1.47. The number of nitro groups is 1. The number of ether oxygens (including phenoxy) is 2. The first-order chi connectivity index (χ1) is 8.93. The van der Waals surface area contributed by atoms with E-state index in [9.17, 15) is 14.9 Å². The van der Waals surface area contributed by atoms with E-state index in [-0.39, 0.29) is 24.0 Å². The van der Waals surface area contributed by atoms with Crippen molar-refractivity contribution in [3.05, 3.63) is 28.3 Å². The van der Waals surface area contributed by atoms with E-state index in [1.54, 1.807) is 6.92 Å². The number of hydrogen-bond acceptors (Lipinski definition) is 5. The Morgan fingerprint density at radius 3 is 2.68 bits per heavy atom. The molecule has 0 aromatic heterocycles. The maximum absolute atomic E-state index is 10.6. The lowest BCUT2D eigenvalue weighted by Gasteiger charge is -2.15. The van der Waals surface area contributed by atoms with Gasteiger partial charge in [-0.2, -0.15) is 0 Å². The van der Waals surface area contributed by atoms with Crippen LogP contribution in [0.1, 0.15) is 19.8 Å². The molecule has 1 unspecified atom stereocenters. The molecular formula is C12H15NO6. The van der Waals surface area contributed by atoms with E-state index in [2.05, 4.69) is 0 Å². The Bertz CT molecular complexity index is 473. The van der Waals surface area contributed by atoms with Crippen LogP contribution in [-0.2, 0) is 4.79 Å². The predicted molar refractivity (Wildman–Crippen MR) is 66.6 cm³/mol. The molecule has 0 aliphatic rings. The average molecular weight is 269 g/mol. The van der Waals surface area contributed by atoms with Gasteiger partial charge in [-0.05, 0) is 19.4 Å². The van der Waals surface area contributed by atoms with Crippen LogP contribution in [0.15, 0.2) is 18.2 Å². The molecule has 0 aliphatic heterocycles. The van der Waals surface area contributed by atoms with Crippen LogP contribution in [-0.4, -0.2) is 29.2 Å². The molecule has 0 spiro atoms. The minimum absolute atomic E-state index is 0.00351. The lowest BCUT2D eigenvalue weighted by atomic mass is 10.2. The summed E-state index contributed by atoms with van der Waals surface area (Å²) < 4.78 is 10.5. The molecule has 19 heavy (non-hydrogen) atoms. The quantitative estimate of drug-likeness (QED) is 0.602. The van der Waals surface area contributed by atoms with Crippen LogP contribution >= 0.6 is 0 Å². The number of carboxylic acids is 1. The van der Waals surface area contributed by atoms with Gasteiger partial charge in [0.2, 0.25) is 0 Å². The molecule has 0 bridgehead atoms. The van der Waals surface area contributed by atoms with Gasteiger partial charge in [-0.15, -0.1) is 0 Å². The van der Waals surface area contributed by atoms with Gasteiger partial charge in [-0.3, -0.25) is 14.9 Å². The van der Waals surface area contributed by atoms with Crippen molar-refractivity contribution < 1.29 is 24.3 Å². The topological polar surface area (TPSA) is 98.9 Å². The van der Waals surface area contributed by atoms with Gasteiger partial charge in [0, 0.05) is 12.5 Å². The van der Waals surface area contributed by atoms with E-state index < -0.39 is 10.9 Å². The van der Waals surface area contributed by atoms with Gasteiger partial charge in [0.25, 0.3) is 5.69 Å². The number of benzene rings is 1. The Hall–Kier alpha value is -2.31. The highest BCUT2D eigenvalue weighted by Crippen LogP contribution is 2.32. The molecule has 1 aromatic rings. The molecule has 7 nitrogen and oxygen atoms in total. The molecule has 0 heterocycles. The molecule has 1 N–H and O–H groups in total. The summed E-state index contributed by atoms with van der Waals surface area (Å²) in [5.74, 6) is -0.298. The van der Waals surface area contributed by atoms with E-state index in [0.29, 0.717) is 12.2 Å². The van der Waals surface area contributed by atoms with Crippen molar-refractivity contribution >= 4 is 11.7 Å². The van der Waals surface area contributed by atoms with E-state index in [4.69, 9.17) is 14.6 Å². The van der Waals surface area contributed by atoms with Gasteiger partial charge in [-0.25, -0.2) is 0 Å². The third-order valence-electron chi connectivity index (χ3n) is 2.45. The third kappa shape index (κ3) is 4.46. The zero-order valence-corrected chi connectivity index (χ0v) is 10.7. The molecule has 0 fully saturated rings. The zero-order valence-electron chi connectivity index (χ0n) is 10.7. The van der Waals surface area contributed by atoms with Gasteiger partial charge >= 0.3 is 5.97 Å². The first-order valence-electron chi connectivity index (χ1n) is 5.65. The van der Waals surface area contributed by atoms with E-state index in [1.807, 2.05) is 0 Å². The van der Waals surface area contributed by atoms with E-state index >= 15 is 0 Å². The lowest BCUT2D eigenvalue weighted by Crippen LogP contribution is -2.14. The van der Waals surface area contributed by atoms with Crippen molar-refractivity contribution in [2.45, 2.75) is 25.9 Å². The van der Waals surface area contributed by atoms with Crippen LogP contribution in [0.25, 0.3) is 0 Å². The normalized spacial score (nSPS) is 11.7. The van der Waals surface area contributed by atoms with Crippen molar-refractivity contribution in [3.8, 4) is 11.5 Å². The van der Waals surface area contributed by atoms with Crippen LogP contribution in [0.3, 0.4) is 0 Å². The maximum atomic E-state index is 10.6. The van der Waals surface area contributed by atoms with Crippen molar-refractivity contribution in [2.24, 2.45) is 0 Å². The van der Waals surface area contributed by atoms with Gasteiger partial charge in [0.15, 0.2) is 11.5 Å². The van der Waals surface area contributed by atoms with Crippen LogP contribution in [0.4, 0.5) is 5.69 Å². The largest absolute Gasteiger partial charge is 0.493 e. The summed E-state index contributed by atoms with van der Waals surface area (Å²) in [7, 11) is 1.38. The fourth-order valence-electron chi connectivity index (χ4n) is 1.47. The van der Waals surface area contributed by atoms with Crippen molar-refractivity contribution in [1.82, 2.24) is 0 Å². The standard InChI is InChI=1S/C12H15NO6/c1-8(3-6-12(14)15)19-10-5-4-9(13(16)17)7-11(10)18-2/h4-5,7-8H,3,6H2,1-2H3,(H,14,15). The lowest BCUT2D eigenvalue weighted by molar-refractivity contribution is -0.385. The molecule has 0 saturated heterocycles. The smallest absolute Gasteiger partial charge is 0.303 e. The highest BCUT2D eigenvalue weighted by atomic mass is 16.6. The summed E-state index contributed by atoms with van der Waals surface area (Å²) >= 11 is 0. The number of methoxy groups -OCH3 is 1. The SMILES string of the molecule is COc1cc([N+](=O)[O-])ccc1OC(C)CCC(=O)O. The predicted octanol–water partition coefficient (Wildman–Crippen LogP) is 2.24. The second-order valence-corrected chi connectivity index (χ2v) is 3.95. The maximum Gasteiger partial charge on any atom is 0.303 e. The molecule has 0 amide bonds. The Morgan fingerprint density at radius 2 is 2.16 bits per heavy atom. The molecule has 0 radical (unpaired) electrons. The monoisotopic (exact) mass is 269 g/mol. The molecule has 0 saturated carbocycles. The van der Waals surface area contributed by atoms with Gasteiger partial charge in [-0.1, -0.05) is 0 Å². The van der Waals surface area contributed by atoms with E-state index in [1.165, 1.54) is 25.3 Å². The van der Waals surface area contributed by atoms with E-state index in [0.717, 1.165) is 0 Å². The van der Waals surface area contributed by atoms with Crippen molar-refractivity contribution in [3.63, 3.8) is 0 Å². The number of carboxylic acid groups (broad SMARTS) is 1. The number of hydrogen-bond donors (Lipinski definition) is 1. The molecule has 1 aromatic carbocycles. The number of non-ortho nitro benzene ring substituents is 1. The second kappa shape index (κ2) is 6.58. The first-order valence-corrected chi connectivity index (χ1v) is 5.65. The van der Waals surface area contributed by atoms with Crippen LogP contribution in [0.2, 0.25) is 0 Å². The number of aliphatic carboxylic acids is 1. The summed E-state index contributed by atoms with van der Waals surface area (Å²) in [6, 6.07) is 4.01. The molecule has 104 valence electrons. The Morgan fingerprint density at radius 1 is 1.47 bits per heavy atom. The summed E-state index contributed by atoms with van der Waals surface area (Å²) in [6.45, 7) is 1.73. The highest BCUT2D eigenvalue weighted by molar-refractivity contribution is 5.66. The first kappa shape index (κ1) is 14.7. The third-order valence-corrected chi connectivity index (χ3v) is 2.45. The fraction of sp³-hybridized carbons (Fsp3) is 0.417. The van der Waals surface area contributed by atoms with Crippen LogP contribution in [0, 0.1) is 10.1 Å². The molecule has 1 atom stereocenters.